The van der Waals surface area contributed by atoms with Gasteiger partial charge in [0.05, 0.1) is 27.5 Å². The Kier molecular flexibility index (Phi) is 17.7. The Bertz CT molecular complexity index is 2120. The van der Waals surface area contributed by atoms with E-state index in [4.69, 9.17) is 19.6 Å². The van der Waals surface area contributed by atoms with Crippen LogP contribution in [-0.2, 0) is 51.0 Å². The topological polar surface area (TPSA) is 245 Å². The second kappa shape index (κ2) is 23.3. The van der Waals surface area contributed by atoms with Crippen LogP contribution in [0.2, 0.25) is 0 Å². The summed E-state index contributed by atoms with van der Waals surface area (Å²) in [5.74, 6) is 0. The van der Waals surface area contributed by atoms with E-state index in [9.17, 15) is 29.4 Å². The van der Waals surface area contributed by atoms with Gasteiger partial charge in [-0.1, -0.05) is 0 Å². The molecule has 4 N–H and O–H groups in total. The van der Waals surface area contributed by atoms with E-state index in [-0.39, 0.29) is 172 Å². The molecule has 0 unspecified atom stereocenters. The van der Waals surface area contributed by atoms with Crippen LogP contribution in [0.25, 0.3) is 22.3 Å². The molecule has 0 saturated carbocycles. The predicted octanol–water partition coefficient (Wildman–Crippen LogP) is -8.30. The Morgan fingerprint density at radius 2 is 1.26 bits per heavy atom. The summed E-state index contributed by atoms with van der Waals surface area (Å²) in [5, 5.41) is 27.4. The number of carbonyl (C=O) groups excluding carboxylic acids is 1. The van der Waals surface area contributed by atoms with Crippen molar-refractivity contribution < 1.29 is 144 Å². The molecule has 254 valence electrons. The number of rotatable bonds is 11. The number of aryl methyl sites for hydroxylation is 4. The van der Waals surface area contributed by atoms with Gasteiger partial charge >= 0.3 is 114 Å². The van der Waals surface area contributed by atoms with Crippen LogP contribution in [0.1, 0.15) is 63.3 Å². The Labute approximate surface area is 366 Å². The van der Waals surface area contributed by atoms with Crippen molar-refractivity contribution in [1.82, 2.24) is 37.4 Å². The van der Waals surface area contributed by atoms with Gasteiger partial charge in [0.15, 0.2) is 22.3 Å². The van der Waals surface area contributed by atoms with Gasteiger partial charge < -0.3 is 36.4 Å². The van der Waals surface area contributed by atoms with Crippen LogP contribution in [0.15, 0.2) is 31.8 Å². The largest absolute Gasteiger partial charge is 1.00 e. The summed E-state index contributed by atoms with van der Waals surface area (Å²) >= 11 is 0. The zero-order chi connectivity index (χ0) is 39.4. The number of aromatic nitrogens is 8. The fourth-order valence-electron chi connectivity index (χ4n) is 4.14. The molecule has 4 rings (SSSR count). The third-order valence-corrected chi connectivity index (χ3v) is 6.26. The third-order valence-electron chi connectivity index (χ3n) is 6.26. The Morgan fingerprint density at radius 1 is 0.872 bits per heavy atom. The summed E-state index contributed by atoms with van der Waals surface area (Å²) in [4.78, 5) is 68.7. The average Bonchev–Trinajstić information content (AvgIpc) is 3.56. The van der Waals surface area contributed by atoms with Crippen molar-refractivity contribution in [2.45, 2.75) is 77.5 Å². The normalized spacial score (nSPS) is 15.6. The average molecular weight is 726 g/mol. The van der Waals surface area contributed by atoms with Crippen molar-refractivity contribution in [2.24, 2.45) is 28.2 Å². The van der Waals surface area contributed by atoms with E-state index >= 15 is 0 Å². The minimum atomic E-state index is -2.27. The van der Waals surface area contributed by atoms with Crippen LogP contribution in [0, 0.1) is 0 Å². The molecule has 18 nitrogen and oxygen atoms in total. The summed E-state index contributed by atoms with van der Waals surface area (Å²) in [7, 11) is 6.12. The minimum Gasteiger partial charge on any atom is -1.00 e. The molecule has 0 amide bonds. The third kappa shape index (κ3) is 12.9. The van der Waals surface area contributed by atoms with Gasteiger partial charge in [-0.15, -0.1) is 0 Å². The van der Waals surface area contributed by atoms with Crippen LogP contribution >= 0.6 is 0 Å². The fraction of sp³-hybridized carbons (Fsp3) is 0.593. The van der Waals surface area contributed by atoms with Crippen LogP contribution in [0.5, 0.6) is 0 Å². The molecule has 0 bridgehead atoms. The van der Waals surface area contributed by atoms with Crippen molar-refractivity contribution in [3.8, 4) is 0 Å². The number of aliphatic hydroxyl groups is 2. The molecule has 4 aromatic rings. The minimum absolute atomic E-state index is 0. The van der Waals surface area contributed by atoms with E-state index in [1.807, 2.05) is 0 Å². The maximum absolute atomic E-state index is 12.5. The molecule has 0 saturated heterocycles. The van der Waals surface area contributed by atoms with E-state index in [1.165, 1.54) is 45.7 Å². The van der Waals surface area contributed by atoms with E-state index < -0.39 is 47.4 Å². The molecule has 47 heavy (non-hydrogen) atoms. The van der Waals surface area contributed by atoms with Crippen molar-refractivity contribution in [1.29, 1.82) is 0 Å². The van der Waals surface area contributed by atoms with Gasteiger partial charge in [0, 0.05) is 46.8 Å². The fourth-order valence-corrected chi connectivity index (χ4v) is 4.14. The van der Waals surface area contributed by atoms with E-state index in [0.29, 0.717) is 11.2 Å². The second-order valence-corrected chi connectivity index (χ2v) is 9.49. The molecule has 0 fully saturated rings. The standard InChI is InChI=1S/2C13H20N4O3.CH2O3.2K.H2O.H/c2*1-9(18)6-4-5-7-17-12(19)10-11(14-8-15(10)2)16(3)13(17)20;2-1-4-3;;;;/h2*8-9,18H,4-7H2,1-3H3;1,3H;;;1H2;/q;;;2*+1;;-1/p-1/t2*9-;;;;;/m11...../s1/i6D2,8D,9D;6D2,9D;;;;;. The van der Waals surface area contributed by atoms with Crippen molar-refractivity contribution in [2.75, 3.05) is 0 Å². The van der Waals surface area contributed by atoms with Gasteiger partial charge in [0.2, 0.25) is 0 Å². The van der Waals surface area contributed by atoms with Gasteiger partial charge in [-0.25, -0.2) is 19.6 Å². The number of nitrogens with zero attached hydrogens (tertiary/aromatic N) is 8. The molecule has 0 aromatic carbocycles. The summed E-state index contributed by atoms with van der Waals surface area (Å²) < 4.78 is 60.4. The monoisotopic (exact) mass is 725 g/mol. The van der Waals surface area contributed by atoms with Crippen LogP contribution in [0.4, 0.5) is 0 Å². The van der Waals surface area contributed by atoms with Gasteiger partial charge in [-0.05, 0) is 52.3 Å². The van der Waals surface area contributed by atoms with Crippen molar-refractivity contribution in [3.63, 3.8) is 0 Å². The maximum atomic E-state index is 12.5. The Balaban J connectivity index is -0.000000840. The summed E-state index contributed by atoms with van der Waals surface area (Å²) in [5.41, 5.74) is -1.38. The number of carbonyl (C=O) groups is 1. The number of imidazole rings is 2. The van der Waals surface area contributed by atoms with Gasteiger partial charge in [0.1, 0.15) is 1.37 Å². The molecule has 0 radical (unpaired) electrons. The quantitative estimate of drug-likeness (QED) is 0.0636. The van der Waals surface area contributed by atoms with Crippen LogP contribution < -0.4 is 131 Å². The summed E-state index contributed by atoms with van der Waals surface area (Å²) in [6.45, 7) is 1.88. The van der Waals surface area contributed by atoms with Crippen molar-refractivity contribution in [3.05, 3.63) is 54.3 Å². The number of fused-ring (bicyclic) bond motifs is 2. The SMILES string of the molecule is O.O=CO[O-].[2H]C([2H])(CCCn1c(=O)c2c(ncn2C)n(C)c1=O)[C@@]([2H])(C)O.[2H]c1nc2c(c(=O)n(CCCC([2H])([2H])[C@@]([2H])(C)O)c(=O)n2C)n1C.[H-].[K+].[K+]. The summed E-state index contributed by atoms with van der Waals surface area (Å²) in [6.07, 6.45) is -7.62. The Hall–Kier alpha value is -1.12. The van der Waals surface area contributed by atoms with Gasteiger partial charge in [-0.3, -0.25) is 32.7 Å². The molecule has 0 aliphatic heterocycles. The van der Waals surface area contributed by atoms with E-state index in [1.54, 1.807) is 7.05 Å². The maximum Gasteiger partial charge on any atom is 1.00 e. The first-order valence-electron chi connectivity index (χ1n) is 16.7. The first-order valence-corrected chi connectivity index (χ1v) is 13.2. The molecule has 0 spiro atoms. The first-order chi connectivity index (χ1) is 23.3. The zero-order valence-electron chi connectivity index (χ0n) is 35.7. The first kappa shape index (κ1) is 35.7. The van der Waals surface area contributed by atoms with Crippen LogP contribution in [-0.4, -0.2) is 71.7 Å². The number of hydrogen-bond donors (Lipinski definition) is 2. The molecule has 0 aliphatic carbocycles. The molecular formula is C27H44K2N8O10. The van der Waals surface area contributed by atoms with E-state index in [0.717, 1.165) is 23.0 Å². The molecule has 4 heterocycles. The number of hydrogen-bond acceptors (Lipinski definition) is 11. The smallest absolute Gasteiger partial charge is 1.00 e. The Morgan fingerprint density at radius 3 is 1.64 bits per heavy atom. The molecule has 0 aliphatic rings. The second-order valence-electron chi connectivity index (χ2n) is 9.49. The van der Waals surface area contributed by atoms with Gasteiger partial charge in [-0.2, -0.15) is 0 Å². The van der Waals surface area contributed by atoms with Crippen molar-refractivity contribution >= 4 is 28.8 Å². The van der Waals surface area contributed by atoms with E-state index in [2.05, 4.69) is 14.9 Å². The molecule has 2 atom stereocenters. The predicted molar refractivity (Wildman–Crippen MR) is 163 cm³/mol. The molecule has 4 aromatic heterocycles. The molecular weight excluding hydrogens is 675 g/mol. The zero-order valence-corrected chi connectivity index (χ0v) is 34.0. The van der Waals surface area contributed by atoms with Gasteiger partial charge in [0.25, 0.3) is 17.6 Å². The molecule has 20 heteroatoms. The van der Waals surface area contributed by atoms with Crippen LogP contribution in [0.3, 0.4) is 0 Å². The summed E-state index contributed by atoms with van der Waals surface area (Å²) in [6, 6.07) is 0.